The summed E-state index contributed by atoms with van der Waals surface area (Å²) < 4.78 is 0. The number of aryl methyl sites for hydroxylation is 1. The van der Waals surface area contributed by atoms with Crippen LogP contribution in [0, 0.1) is 6.92 Å². The van der Waals surface area contributed by atoms with E-state index in [2.05, 4.69) is 26.0 Å². The second kappa shape index (κ2) is 6.55. The molecule has 2 rings (SSSR count). The summed E-state index contributed by atoms with van der Waals surface area (Å²) in [6, 6.07) is 7.08. The molecular weight excluding hydrogens is 296 g/mol. The van der Waals surface area contributed by atoms with E-state index in [9.17, 15) is 9.59 Å². The molecule has 0 bridgehead atoms. The Morgan fingerprint density at radius 2 is 1.91 bits per heavy atom. The Labute approximate surface area is 134 Å². The zero-order chi connectivity index (χ0) is 17.0. The van der Waals surface area contributed by atoms with Gasteiger partial charge in [0.1, 0.15) is 6.54 Å². The summed E-state index contributed by atoms with van der Waals surface area (Å²) in [5.74, 6) is -0.0736. The monoisotopic (exact) mass is 316 g/mol. The van der Waals surface area contributed by atoms with Crippen molar-refractivity contribution in [1.29, 1.82) is 0 Å². The molecule has 1 heterocycles. The van der Waals surface area contributed by atoms with Gasteiger partial charge in [-0.05, 0) is 38.5 Å². The van der Waals surface area contributed by atoms with Gasteiger partial charge in [-0.25, -0.2) is 4.79 Å². The van der Waals surface area contributed by atoms with Crippen molar-refractivity contribution in [3.05, 3.63) is 29.8 Å². The number of imide groups is 1. The minimum absolute atomic E-state index is 0.184. The molecule has 0 saturated carbocycles. The van der Waals surface area contributed by atoms with Crippen LogP contribution in [0.4, 0.5) is 4.79 Å². The molecule has 122 valence electrons. The molecule has 0 saturated heterocycles. The summed E-state index contributed by atoms with van der Waals surface area (Å²) in [5, 5.41) is 16.8. The van der Waals surface area contributed by atoms with Gasteiger partial charge in [0.15, 0.2) is 0 Å². The van der Waals surface area contributed by atoms with Crippen molar-refractivity contribution in [2.75, 3.05) is 0 Å². The minimum Gasteiger partial charge on any atom is -0.333 e. The van der Waals surface area contributed by atoms with Crippen LogP contribution in [-0.2, 0) is 11.3 Å². The van der Waals surface area contributed by atoms with E-state index in [1.807, 2.05) is 52.0 Å². The number of hydrogen-bond donors (Lipinski definition) is 2. The molecule has 1 aromatic carbocycles. The average Bonchev–Trinajstić information content (AvgIpc) is 2.84. The molecule has 8 heteroatoms. The maximum absolute atomic E-state index is 11.8. The number of carbonyl (C=O) groups excluding carboxylic acids is 2. The van der Waals surface area contributed by atoms with Gasteiger partial charge >= 0.3 is 6.03 Å². The fraction of sp³-hybridized carbons (Fsp3) is 0.400. The molecular formula is C15H20N6O2. The summed E-state index contributed by atoms with van der Waals surface area (Å²) in [5.41, 5.74) is 1.44. The van der Waals surface area contributed by atoms with Crippen molar-refractivity contribution in [2.45, 2.75) is 39.8 Å². The van der Waals surface area contributed by atoms with Gasteiger partial charge in [-0.2, -0.15) is 4.80 Å². The lowest BCUT2D eigenvalue weighted by molar-refractivity contribution is -0.121. The van der Waals surface area contributed by atoms with Gasteiger partial charge in [-0.3, -0.25) is 10.1 Å². The van der Waals surface area contributed by atoms with Crippen LogP contribution >= 0.6 is 0 Å². The first-order valence-electron chi connectivity index (χ1n) is 7.20. The SMILES string of the molecule is Cc1ccccc1-c1nnn(CC(=O)NC(=O)NC(C)(C)C)n1. The summed E-state index contributed by atoms with van der Waals surface area (Å²) in [7, 11) is 0. The van der Waals surface area contributed by atoms with Crippen LogP contribution in [0.25, 0.3) is 11.4 Å². The molecule has 2 aromatic rings. The lowest BCUT2D eigenvalue weighted by Gasteiger charge is -2.20. The molecule has 0 atom stereocenters. The Kier molecular flexibility index (Phi) is 4.73. The van der Waals surface area contributed by atoms with Crippen molar-refractivity contribution < 1.29 is 9.59 Å². The highest BCUT2D eigenvalue weighted by molar-refractivity contribution is 5.94. The smallest absolute Gasteiger partial charge is 0.321 e. The number of urea groups is 1. The van der Waals surface area contributed by atoms with Gasteiger partial charge in [-0.15, -0.1) is 10.2 Å². The number of amides is 3. The van der Waals surface area contributed by atoms with Crippen LogP contribution < -0.4 is 10.6 Å². The Balaban J connectivity index is 1.98. The molecule has 1 aromatic heterocycles. The summed E-state index contributed by atoms with van der Waals surface area (Å²) in [6.07, 6.45) is 0. The number of nitrogens with one attached hydrogen (secondary N) is 2. The Morgan fingerprint density at radius 1 is 1.22 bits per heavy atom. The summed E-state index contributed by atoms with van der Waals surface area (Å²) in [4.78, 5) is 24.6. The van der Waals surface area contributed by atoms with Gasteiger partial charge in [-0.1, -0.05) is 24.3 Å². The third-order valence-corrected chi connectivity index (χ3v) is 2.87. The van der Waals surface area contributed by atoms with Crippen LogP contribution in [-0.4, -0.2) is 37.7 Å². The first kappa shape index (κ1) is 16.6. The number of benzene rings is 1. The van der Waals surface area contributed by atoms with Crippen molar-refractivity contribution in [3.63, 3.8) is 0 Å². The summed E-state index contributed by atoms with van der Waals surface area (Å²) in [6.45, 7) is 7.23. The van der Waals surface area contributed by atoms with Crippen molar-refractivity contribution in [2.24, 2.45) is 0 Å². The van der Waals surface area contributed by atoms with Gasteiger partial charge < -0.3 is 5.32 Å². The zero-order valence-corrected chi connectivity index (χ0v) is 13.6. The normalized spacial score (nSPS) is 11.1. The van der Waals surface area contributed by atoms with Crippen LogP contribution in [0.1, 0.15) is 26.3 Å². The fourth-order valence-corrected chi connectivity index (χ4v) is 1.91. The van der Waals surface area contributed by atoms with E-state index in [0.29, 0.717) is 5.82 Å². The third kappa shape index (κ3) is 4.87. The Morgan fingerprint density at radius 3 is 2.57 bits per heavy atom. The lowest BCUT2D eigenvalue weighted by Crippen LogP contribution is -2.49. The molecule has 3 amide bonds. The maximum atomic E-state index is 11.8. The Bertz CT molecular complexity index is 717. The highest BCUT2D eigenvalue weighted by atomic mass is 16.2. The number of carbonyl (C=O) groups is 2. The molecule has 0 fully saturated rings. The van der Waals surface area contributed by atoms with E-state index in [1.165, 1.54) is 0 Å². The third-order valence-electron chi connectivity index (χ3n) is 2.87. The standard InChI is InChI=1S/C15H20N6O2/c1-10-7-5-6-8-11(10)13-18-20-21(19-13)9-12(22)16-14(23)17-15(2,3)4/h5-8H,9H2,1-4H3,(H2,16,17,22,23). The molecule has 0 spiro atoms. The maximum Gasteiger partial charge on any atom is 0.321 e. The largest absolute Gasteiger partial charge is 0.333 e. The number of hydrogen-bond acceptors (Lipinski definition) is 5. The first-order valence-corrected chi connectivity index (χ1v) is 7.20. The number of rotatable bonds is 3. The predicted octanol–water partition coefficient (Wildman–Crippen LogP) is 1.27. The number of aromatic nitrogens is 4. The molecule has 23 heavy (non-hydrogen) atoms. The number of nitrogens with zero attached hydrogens (tertiary/aromatic N) is 4. The van der Waals surface area contributed by atoms with Gasteiger partial charge in [0.05, 0.1) is 0 Å². The van der Waals surface area contributed by atoms with Gasteiger partial charge in [0.2, 0.25) is 5.82 Å². The molecule has 0 radical (unpaired) electrons. The minimum atomic E-state index is -0.554. The molecule has 8 nitrogen and oxygen atoms in total. The van der Waals surface area contributed by atoms with Gasteiger partial charge in [0.25, 0.3) is 5.91 Å². The highest BCUT2D eigenvalue weighted by Crippen LogP contribution is 2.17. The van der Waals surface area contributed by atoms with E-state index in [4.69, 9.17) is 0 Å². The zero-order valence-electron chi connectivity index (χ0n) is 13.6. The molecule has 2 N–H and O–H groups in total. The molecule has 0 aliphatic rings. The van der Waals surface area contributed by atoms with E-state index < -0.39 is 17.5 Å². The van der Waals surface area contributed by atoms with E-state index in [1.54, 1.807) is 0 Å². The second-order valence-corrected chi connectivity index (χ2v) is 6.21. The Hall–Kier alpha value is -2.77. The number of tetrazole rings is 1. The summed E-state index contributed by atoms with van der Waals surface area (Å²) >= 11 is 0. The van der Waals surface area contributed by atoms with E-state index >= 15 is 0 Å². The molecule has 0 unspecified atom stereocenters. The van der Waals surface area contributed by atoms with Gasteiger partial charge in [0, 0.05) is 11.1 Å². The fourth-order valence-electron chi connectivity index (χ4n) is 1.91. The van der Waals surface area contributed by atoms with Crippen molar-refractivity contribution >= 4 is 11.9 Å². The van der Waals surface area contributed by atoms with Crippen LogP contribution in [0.15, 0.2) is 24.3 Å². The van der Waals surface area contributed by atoms with E-state index in [0.717, 1.165) is 15.9 Å². The van der Waals surface area contributed by atoms with Crippen molar-refractivity contribution in [1.82, 2.24) is 30.8 Å². The molecule has 0 aliphatic carbocycles. The molecule has 0 aliphatic heterocycles. The first-order chi connectivity index (χ1) is 10.7. The average molecular weight is 316 g/mol. The highest BCUT2D eigenvalue weighted by Gasteiger charge is 2.17. The topological polar surface area (TPSA) is 102 Å². The second-order valence-electron chi connectivity index (χ2n) is 6.21. The van der Waals surface area contributed by atoms with E-state index in [-0.39, 0.29) is 6.54 Å². The van der Waals surface area contributed by atoms with Crippen LogP contribution in [0.2, 0.25) is 0 Å². The lowest BCUT2D eigenvalue weighted by atomic mass is 10.1. The predicted molar refractivity (Wildman–Crippen MR) is 84.4 cm³/mol. The van der Waals surface area contributed by atoms with Crippen LogP contribution in [0.5, 0.6) is 0 Å². The van der Waals surface area contributed by atoms with Crippen LogP contribution in [0.3, 0.4) is 0 Å². The quantitative estimate of drug-likeness (QED) is 0.888. The van der Waals surface area contributed by atoms with Crippen molar-refractivity contribution in [3.8, 4) is 11.4 Å².